The summed E-state index contributed by atoms with van der Waals surface area (Å²) in [6.07, 6.45) is 5.09. The molecule has 3 aromatic rings. The van der Waals surface area contributed by atoms with E-state index < -0.39 is 42.0 Å². The number of ketones is 1. The fraction of sp³-hybridized carbons (Fsp3) is 0.558. The van der Waals surface area contributed by atoms with E-state index >= 15 is 0 Å². The lowest BCUT2D eigenvalue weighted by Gasteiger charge is -2.35. The van der Waals surface area contributed by atoms with E-state index in [1.165, 1.54) is 11.3 Å². The minimum absolute atomic E-state index is 0.0399. The number of nitrogens with one attached hydrogen (secondary N) is 1. The van der Waals surface area contributed by atoms with Gasteiger partial charge in [0.05, 0.1) is 42.4 Å². The van der Waals surface area contributed by atoms with Crippen molar-refractivity contribution in [2.24, 2.45) is 17.3 Å². The Morgan fingerprint density at radius 3 is 2.49 bits per heavy atom. The second-order valence-electron chi connectivity index (χ2n) is 17.2. The number of allylic oxidation sites excluding steroid dienone is 1. The maximum absolute atomic E-state index is 14.8. The number of esters is 1. The first-order valence-electron chi connectivity index (χ1n) is 19.9. The van der Waals surface area contributed by atoms with Crippen molar-refractivity contribution < 1.29 is 38.1 Å². The monoisotopic (exact) mass is 820 g/mol. The molecule has 3 heterocycles. The predicted octanol–water partition coefficient (Wildman–Crippen LogP) is 8.78. The highest BCUT2D eigenvalue weighted by molar-refractivity contribution is 7.63. The number of hydrogen-bond acceptors (Lipinski definition) is 11. The molecule has 3 fully saturated rings. The molecular weight excluding hydrogens is 764 g/mol. The topological polar surface area (TPSA) is 157 Å². The Morgan fingerprint density at radius 1 is 1.12 bits per heavy atom. The molecule has 2 unspecified atom stereocenters. The summed E-state index contributed by atoms with van der Waals surface area (Å²) < 4.78 is 31.4. The number of thiazole rings is 1. The van der Waals surface area contributed by atoms with E-state index in [1.807, 2.05) is 64.3 Å². The van der Waals surface area contributed by atoms with Gasteiger partial charge in [0.2, 0.25) is 13.3 Å². The molecule has 2 aromatic heterocycles. The Morgan fingerprint density at radius 2 is 1.86 bits per heavy atom. The minimum Gasteiger partial charge on any atom is -0.497 e. The molecule has 14 heteroatoms. The van der Waals surface area contributed by atoms with Crippen molar-refractivity contribution in [3.63, 3.8) is 0 Å². The summed E-state index contributed by atoms with van der Waals surface area (Å²) >= 11 is 1.48. The van der Waals surface area contributed by atoms with Crippen LogP contribution in [0.5, 0.6) is 11.5 Å². The third kappa shape index (κ3) is 9.47. The number of ether oxygens (including phenoxy) is 3. The molecule has 1 amide bonds. The molecule has 12 nitrogen and oxygen atoms in total. The lowest BCUT2D eigenvalue weighted by atomic mass is 9.77. The lowest BCUT2D eigenvalue weighted by molar-refractivity contribution is -0.156. The zero-order valence-corrected chi connectivity index (χ0v) is 35.7. The largest absolute Gasteiger partial charge is 0.497 e. The second kappa shape index (κ2) is 17.0. The summed E-state index contributed by atoms with van der Waals surface area (Å²) in [5.41, 5.74) is 1.32. The van der Waals surface area contributed by atoms with E-state index in [9.17, 15) is 23.8 Å². The van der Waals surface area contributed by atoms with Gasteiger partial charge in [0, 0.05) is 54.2 Å². The summed E-state index contributed by atoms with van der Waals surface area (Å²) in [6.45, 7) is 17.5. The molecule has 57 heavy (non-hydrogen) atoms. The molecule has 2 saturated carbocycles. The number of carbonyl (C=O) groups is 3. The van der Waals surface area contributed by atoms with Crippen LogP contribution in [-0.4, -0.2) is 80.5 Å². The van der Waals surface area contributed by atoms with Crippen LogP contribution >= 0.6 is 18.7 Å². The number of Topliss-reactive ketones (excluding diaryl/α,β-unsaturated/α-hetero) is 1. The molecule has 2 N–H and O–H groups in total. The van der Waals surface area contributed by atoms with Crippen LogP contribution in [0.1, 0.15) is 92.4 Å². The molecule has 1 aliphatic heterocycles. The first-order chi connectivity index (χ1) is 27.0. The summed E-state index contributed by atoms with van der Waals surface area (Å²) in [6, 6.07) is 7.03. The molecule has 308 valence electrons. The van der Waals surface area contributed by atoms with E-state index in [-0.39, 0.29) is 55.6 Å². The van der Waals surface area contributed by atoms with Gasteiger partial charge in [0.25, 0.3) is 0 Å². The highest BCUT2D eigenvalue weighted by atomic mass is 32.1. The molecular formula is C43H57N4O8PS. The molecule has 3 aliphatic rings. The number of likely N-dealkylation sites (tertiary alicyclic amines) is 1. The normalized spacial score (nSPS) is 23.9. The van der Waals surface area contributed by atoms with Crippen LogP contribution in [0, 0.1) is 17.3 Å². The van der Waals surface area contributed by atoms with Crippen molar-refractivity contribution in [3.8, 4) is 22.9 Å². The molecule has 2 aliphatic carbocycles. The van der Waals surface area contributed by atoms with Gasteiger partial charge in [-0.3, -0.25) is 18.9 Å². The number of pyridine rings is 1. The second-order valence-corrected chi connectivity index (χ2v) is 20.6. The molecule has 0 spiro atoms. The molecule has 6 rings (SSSR count). The SMILES string of the molecule is C=C[C@@H]1C[C@]1(CC(=O)CC1C[C@@H](Oc2cc(-c3csc(NC(C)C)n3)nc3cc(OC)ccc23)CN1C(=O)[C@@H](CC(=O)OC1CCCC1)C(C)(C)C)P(=O)(O)C=C. The van der Waals surface area contributed by atoms with Gasteiger partial charge < -0.3 is 29.3 Å². The Balaban J connectivity index is 1.31. The molecule has 1 saturated heterocycles. The number of benzene rings is 1. The number of carbonyl (C=O) groups excluding carboxylic acids is 3. The van der Waals surface area contributed by atoms with Crippen LogP contribution in [0.4, 0.5) is 5.13 Å². The highest BCUT2D eigenvalue weighted by Crippen LogP contribution is 2.73. The molecule has 6 atom stereocenters. The summed E-state index contributed by atoms with van der Waals surface area (Å²) in [5, 5.41) is 5.65. The zero-order valence-electron chi connectivity index (χ0n) is 34.0. The van der Waals surface area contributed by atoms with Crippen molar-refractivity contribution in [1.82, 2.24) is 14.9 Å². The van der Waals surface area contributed by atoms with Crippen LogP contribution in [0.2, 0.25) is 0 Å². The first kappa shape index (κ1) is 42.5. The van der Waals surface area contributed by atoms with Crippen LogP contribution in [0.25, 0.3) is 22.3 Å². The van der Waals surface area contributed by atoms with E-state index in [1.54, 1.807) is 18.1 Å². The summed E-state index contributed by atoms with van der Waals surface area (Å²) in [5.74, 6) is 0.343. The quantitative estimate of drug-likeness (QED) is 0.0762. The number of methoxy groups -OCH3 is 1. The highest BCUT2D eigenvalue weighted by Gasteiger charge is 2.63. The van der Waals surface area contributed by atoms with Gasteiger partial charge >= 0.3 is 5.97 Å². The number of hydrogen-bond donors (Lipinski definition) is 2. The molecule has 0 radical (unpaired) electrons. The fourth-order valence-corrected chi connectivity index (χ4v) is 11.0. The average molecular weight is 821 g/mol. The van der Waals surface area contributed by atoms with Gasteiger partial charge in [0.1, 0.15) is 35.2 Å². The average Bonchev–Trinajstić information content (AvgIpc) is 3.53. The lowest BCUT2D eigenvalue weighted by Crippen LogP contribution is -2.46. The standard InChI is InChI=1S/C43H57N4O8PS/c1-9-27-22-43(27,56(51,52)10-2)23-29(48)17-28-18-32(24-47(28)40(50)34(42(5,6)7)20-39(49)55-30-13-11-12-14-30)54-38-21-36(37-25-57-41(46-37)44-26(3)4)45-35-19-31(53-8)15-16-33(35)38/h9-10,15-16,19,21,25-28,30,32,34H,1-2,11-14,17-18,20,22-24H2,3-8H3,(H,44,46)(H,51,52)/t27-,28?,32-,34-,43-/m1/s1. The van der Waals surface area contributed by atoms with Gasteiger partial charge in [-0.25, -0.2) is 9.97 Å². The smallest absolute Gasteiger partial charge is 0.306 e. The number of fused-ring (bicyclic) bond motifs is 1. The maximum atomic E-state index is 14.8. The third-order valence-electron chi connectivity index (χ3n) is 11.7. The van der Waals surface area contributed by atoms with Crippen molar-refractivity contribution in [2.75, 3.05) is 19.0 Å². The maximum Gasteiger partial charge on any atom is 0.306 e. The fourth-order valence-electron chi connectivity index (χ4n) is 8.38. The number of amides is 1. The van der Waals surface area contributed by atoms with E-state index in [0.29, 0.717) is 41.2 Å². The summed E-state index contributed by atoms with van der Waals surface area (Å²) in [4.78, 5) is 64.3. The zero-order chi connectivity index (χ0) is 41.3. The minimum atomic E-state index is -3.87. The van der Waals surface area contributed by atoms with Crippen LogP contribution < -0.4 is 14.8 Å². The van der Waals surface area contributed by atoms with Gasteiger partial charge in [-0.2, -0.15) is 0 Å². The summed E-state index contributed by atoms with van der Waals surface area (Å²) in [7, 11) is -2.27. The number of nitrogens with zero attached hydrogens (tertiary/aromatic N) is 3. The van der Waals surface area contributed by atoms with Gasteiger partial charge in [-0.1, -0.05) is 33.4 Å². The third-order valence-corrected chi connectivity index (χ3v) is 14.9. The van der Waals surface area contributed by atoms with Crippen LogP contribution in [0.15, 0.2) is 54.7 Å². The molecule has 0 bridgehead atoms. The van der Waals surface area contributed by atoms with Crippen LogP contribution in [-0.2, 0) is 23.7 Å². The van der Waals surface area contributed by atoms with Gasteiger partial charge in [0.15, 0.2) is 5.13 Å². The van der Waals surface area contributed by atoms with E-state index in [4.69, 9.17) is 24.2 Å². The Bertz CT molecular complexity index is 2060. The van der Waals surface area contributed by atoms with E-state index in [0.717, 1.165) is 42.0 Å². The Kier molecular flexibility index (Phi) is 12.7. The van der Waals surface area contributed by atoms with E-state index in [2.05, 4.69) is 18.5 Å². The van der Waals surface area contributed by atoms with Crippen molar-refractivity contribution in [2.45, 2.75) is 122 Å². The van der Waals surface area contributed by atoms with Crippen LogP contribution in [0.3, 0.4) is 0 Å². The Labute approximate surface area is 339 Å². The predicted molar refractivity (Wildman–Crippen MR) is 224 cm³/mol. The first-order valence-corrected chi connectivity index (χ1v) is 22.6. The number of anilines is 1. The molecule has 1 aromatic carbocycles. The van der Waals surface area contributed by atoms with Crippen molar-refractivity contribution in [1.29, 1.82) is 0 Å². The van der Waals surface area contributed by atoms with Crippen molar-refractivity contribution >= 4 is 52.4 Å². The van der Waals surface area contributed by atoms with Gasteiger partial charge in [-0.05, 0) is 75.2 Å². The van der Waals surface area contributed by atoms with Gasteiger partial charge in [-0.15, -0.1) is 17.9 Å². The number of aromatic nitrogens is 2. The Hall–Kier alpha value is -4.06. The number of rotatable bonds is 17. The van der Waals surface area contributed by atoms with Crippen molar-refractivity contribution in [3.05, 3.63) is 54.7 Å².